The van der Waals surface area contributed by atoms with Crippen LogP contribution in [0.25, 0.3) is 10.9 Å². The summed E-state index contributed by atoms with van der Waals surface area (Å²) in [6, 6.07) is 10.1. The maximum absolute atomic E-state index is 12.6. The monoisotopic (exact) mass is 405 g/mol. The molecule has 0 saturated carbocycles. The molecule has 0 aliphatic carbocycles. The van der Waals surface area contributed by atoms with Gasteiger partial charge in [-0.25, -0.2) is 14.8 Å². The largest absolute Gasteiger partial charge is 0.337 e. The second kappa shape index (κ2) is 8.73. The first-order chi connectivity index (χ1) is 14.6. The van der Waals surface area contributed by atoms with Gasteiger partial charge in [0.1, 0.15) is 6.04 Å². The van der Waals surface area contributed by atoms with Crippen molar-refractivity contribution in [1.82, 2.24) is 25.2 Å². The molecule has 154 valence electrons. The first kappa shape index (κ1) is 19.6. The Hall–Kier alpha value is -3.75. The van der Waals surface area contributed by atoms with Gasteiger partial charge in [-0.2, -0.15) is 0 Å². The highest BCUT2D eigenvalue weighted by atomic mass is 16.2. The Morgan fingerprint density at radius 1 is 0.933 bits per heavy atom. The Kier molecular flexibility index (Phi) is 5.69. The second-order valence-electron chi connectivity index (χ2n) is 7.06. The van der Waals surface area contributed by atoms with E-state index in [1.54, 1.807) is 36.5 Å². The fourth-order valence-corrected chi connectivity index (χ4v) is 3.36. The van der Waals surface area contributed by atoms with Crippen LogP contribution in [0.2, 0.25) is 0 Å². The number of benzene rings is 1. The number of urea groups is 1. The van der Waals surface area contributed by atoms with Crippen molar-refractivity contribution in [1.29, 1.82) is 0 Å². The van der Waals surface area contributed by atoms with Crippen LogP contribution in [0.4, 0.5) is 16.4 Å². The number of rotatable bonds is 4. The minimum atomic E-state index is -0.681. The quantitative estimate of drug-likeness (QED) is 0.687. The van der Waals surface area contributed by atoms with E-state index in [-0.39, 0.29) is 11.9 Å². The number of hydrogen-bond acceptors (Lipinski definition) is 6. The van der Waals surface area contributed by atoms with Gasteiger partial charge in [0.25, 0.3) is 0 Å². The Morgan fingerprint density at radius 3 is 2.43 bits per heavy atom. The van der Waals surface area contributed by atoms with Gasteiger partial charge in [-0.05, 0) is 37.3 Å². The van der Waals surface area contributed by atoms with E-state index in [1.165, 1.54) is 0 Å². The number of amides is 3. The molecule has 1 aromatic carbocycles. The van der Waals surface area contributed by atoms with Crippen molar-refractivity contribution in [3.8, 4) is 0 Å². The summed E-state index contributed by atoms with van der Waals surface area (Å²) in [7, 11) is 0. The molecule has 1 aliphatic heterocycles. The number of carbonyl (C=O) groups excluding carboxylic acids is 2. The third-order valence-corrected chi connectivity index (χ3v) is 5.04. The standard InChI is InChI=1S/C21H23N7O2/c1-15(19(29)26-18-7-2-6-17-16(18)5-3-8-22-17)25-21(30)28-13-11-27(12-14-28)20-23-9-4-10-24-20/h2-10,15H,11-14H2,1H3,(H,25,30)(H,26,29)/t15-/m0/s1. The molecule has 30 heavy (non-hydrogen) atoms. The van der Waals surface area contributed by atoms with Crippen molar-refractivity contribution < 1.29 is 9.59 Å². The maximum atomic E-state index is 12.6. The molecule has 4 rings (SSSR count). The second-order valence-corrected chi connectivity index (χ2v) is 7.06. The molecular formula is C21H23N7O2. The fourth-order valence-electron chi connectivity index (χ4n) is 3.36. The van der Waals surface area contributed by atoms with Crippen molar-refractivity contribution >= 4 is 34.5 Å². The van der Waals surface area contributed by atoms with E-state index < -0.39 is 6.04 Å². The van der Waals surface area contributed by atoms with Crippen LogP contribution in [0.3, 0.4) is 0 Å². The number of fused-ring (bicyclic) bond motifs is 1. The topological polar surface area (TPSA) is 103 Å². The number of nitrogens with one attached hydrogen (secondary N) is 2. The maximum Gasteiger partial charge on any atom is 0.318 e. The molecule has 9 nitrogen and oxygen atoms in total. The average Bonchev–Trinajstić information content (AvgIpc) is 2.80. The van der Waals surface area contributed by atoms with Crippen LogP contribution in [0.15, 0.2) is 55.0 Å². The van der Waals surface area contributed by atoms with Crippen molar-refractivity contribution in [2.75, 3.05) is 36.4 Å². The number of pyridine rings is 1. The lowest BCUT2D eigenvalue weighted by Crippen LogP contribution is -2.55. The highest BCUT2D eigenvalue weighted by Crippen LogP contribution is 2.21. The summed E-state index contributed by atoms with van der Waals surface area (Å²) in [6.07, 6.45) is 5.11. The van der Waals surface area contributed by atoms with Gasteiger partial charge in [0.05, 0.1) is 11.2 Å². The van der Waals surface area contributed by atoms with Crippen molar-refractivity contribution in [3.63, 3.8) is 0 Å². The van der Waals surface area contributed by atoms with Gasteiger partial charge < -0.3 is 20.4 Å². The van der Waals surface area contributed by atoms with E-state index >= 15 is 0 Å². The van der Waals surface area contributed by atoms with E-state index in [2.05, 4.69) is 25.6 Å². The smallest absolute Gasteiger partial charge is 0.318 e. The lowest BCUT2D eigenvalue weighted by Gasteiger charge is -2.35. The number of aromatic nitrogens is 3. The fraction of sp³-hybridized carbons (Fsp3) is 0.286. The Bertz CT molecular complexity index is 1030. The number of carbonyl (C=O) groups is 2. The summed E-state index contributed by atoms with van der Waals surface area (Å²) >= 11 is 0. The zero-order valence-electron chi connectivity index (χ0n) is 16.7. The van der Waals surface area contributed by atoms with Crippen LogP contribution in [-0.4, -0.2) is 64.0 Å². The van der Waals surface area contributed by atoms with Gasteiger partial charge in [-0.15, -0.1) is 0 Å². The zero-order chi connectivity index (χ0) is 20.9. The Balaban J connectivity index is 1.32. The van der Waals surface area contributed by atoms with E-state index in [1.807, 2.05) is 35.2 Å². The Labute approximate surface area is 174 Å². The van der Waals surface area contributed by atoms with Gasteiger partial charge in [-0.1, -0.05) is 6.07 Å². The molecule has 1 aliphatic rings. The zero-order valence-corrected chi connectivity index (χ0v) is 16.7. The normalized spacial score (nSPS) is 15.0. The lowest BCUT2D eigenvalue weighted by atomic mass is 10.1. The Morgan fingerprint density at radius 2 is 1.67 bits per heavy atom. The van der Waals surface area contributed by atoms with Crippen molar-refractivity contribution in [3.05, 3.63) is 55.0 Å². The highest BCUT2D eigenvalue weighted by molar-refractivity contribution is 6.03. The molecule has 1 fully saturated rings. The molecule has 0 bridgehead atoms. The summed E-state index contributed by atoms with van der Waals surface area (Å²) in [6.45, 7) is 4.02. The summed E-state index contributed by atoms with van der Waals surface area (Å²) in [4.78, 5) is 41.7. The molecule has 0 radical (unpaired) electrons. The summed E-state index contributed by atoms with van der Waals surface area (Å²) < 4.78 is 0. The predicted molar refractivity (Wildman–Crippen MR) is 114 cm³/mol. The number of anilines is 2. The molecule has 2 aromatic heterocycles. The summed E-state index contributed by atoms with van der Waals surface area (Å²) in [5, 5.41) is 6.52. The molecule has 1 atom stereocenters. The molecular weight excluding hydrogens is 382 g/mol. The lowest BCUT2D eigenvalue weighted by molar-refractivity contribution is -0.117. The van der Waals surface area contributed by atoms with Gasteiger partial charge in [0.2, 0.25) is 11.9 Å². The van der Waals surface area contributed by atoms with Crippen molar-refractivity contribution in [2.45, 2.75) is 13.0 Å². The highest BCUT2D eigenvalue weighted by Gasteiger charge is 2.25. The molecule has 1 saturated heterocycles. The SMILES string of the molecule is C[C@H](NC(=O)N1CCN(c2ncccn2)CC1)C(=O)Nc1cccc2ncccc12. The van der Waals surface area contributed by atoms with E-state index in [0.29, 0.717) is 37.8 Å². The van der Waals surface area contributed by atoms with Crippen LogP contribution in [0.5, 0.6) is 0 Å². The first-order valence-electron chi connectivity index (χ1n) is 9.84. The summed E-state index contributed by atoms with van der Waals surface area (Å²) in [5.41, 5.74) is 1.47. The van der Waals surface area contributed by atoms with Crippen LogP contribution in [0.1, 0.15) is 6.92 Å². The minimum absolute atomic E-state index is 0.258. The van der Waals surface area contributed by atoms with E-state index in [0.717, 1.165) is 10.9 Å². The number of piperazine rings is 1. The molecule has 9 heteroatoms. The van der Waals surface area contributed by atoms with Crippen molar-refractivity contribution in [2.24, 2.45) is 0 Å². The van der Waals surface area contributed by atoms with E-state index in [4.69, 9.17) is 0 Å². The van der Waals surface area contributed by atoms with Crippen LogP contribution in [0, 0.1) is 0 Å². The molecule has 0 spiro atoms. The molecule has 3 heterocycles. The van der Waals surface area contributed by atoms with Gasteiger partial charge in [-0.3, -0.25) is 9.78 Å². The molecule has 0 unspecified atom stereocenters. The molecule has 3 aromatic rings. The van der Waals surface area contributed by atoms with E-state index in [9.17, 15) is 9.59 Å². The van der Waals surface area contributed by atoms with Gasteiger partial charge in [0, 0.05) is 50.2 Å². The first-order valence-corrected chi connectivity index (χ1v) is 9.84. The third kappa shape index (κ3) is 4.29. The predicted octanol–water partition coefficient (Wildman–Crippen LogP) is 1.88. The molecule has 3 amide bonds. The number of hydrogen-bond donors (Lipinski definition) is 2. The van der Waals surface area contributed by atoms with Crippen LogP contribution < -0.4 is 15.5 Å². The van der Waals surface area contributed by atoms with Crippen LogP contribution >= 0.6 is 0 Å². The average molecular weight is 405 g/mol. The molecule has 2 N–H and O–H groups in total. The minimum Gasteiger partial charge on any atom is -0.337 e. The number of nitrogens with zero attached hydrogens (tertiary/aromatic N) is 5. The summed E-state index contributed by atoms with van der Waals surface area (Å²) in [5.74, 6) is 0.380. The van der Waals surface area contributed by atoms with Gasteiger partial charge in [0.15, 0.2) is 0 Å². The van der Waals surface area contributed by atoms with Crippen LogP contribution in [-0.2, 0) is 4.79 Å². The third-order valence-electron chi connectivity index (χ3n) is 5.04. The van der Waals surface area contributed by atoms with Gasteiger partial charge >= 0.3 is 6.03 Å².